The number of para-hydroxylation sites is 1. The molecular formula is C10H11NO3. The summed E-state index contributed by atoms with van der Waals surface area (Å²) in [6.45, 7) is 1.97. The predicted molar refractivity (Wildman–Crippen MR) is 51.6 cm³/mol. The summed E-state index contributed by atoms with van der Waals surface area (Å²) >= 11 is 0. The van der Waals surface area contributed by atoms with Gasteiger partial charge in [0, 0.05) is 18.2 Å². The minimum atomic E-state index is -0.149. The van der Waals surface area contributed by atoms with Crippen molar-refractivity contribution in [3.8, 4) is 0 Å². The van der Waals surface area contributed by atoms with Crippen LogP contribution in [0.25, 0.3) is 0 Å². The van der Waals surface area contributed by atoms with Crippen LogP contribution in [-0.2, 0) is 20.9 Å². The van der Waals surface area contributed by atoms with Crippen molar-refractivity contribution in [2.75, 3.05) is 5.32 Å². The molecule has 0 bridgehead atoms. The number of hydrogen-bond donors (Lipinski definition) is 1. The number of ether oxygens (including phenoxy) is 1. The molecule has 0 aliphatic heterocycles. The van der Waals surface area contributed by atoms with Crippen LogP contribution in [0.15, 0.2) is 24.3 Å². The minimum absolute atomic E-state index is 0.149. The highest BCUT2D eigenvalue weighted by Crippen LogP contribution is 2.15. The van der Waals surface area contributed by atoms with Gasteiger partial charge in [-0.15, -0.1) is 0 Å². The first kappa shape index (κ1) is 10.2. The number of nitrogens with one attached hydrogen (secondary N) is 1. The van der Waals surface area contributed by atoms with Gasteiger partial charge in [0.2, 0.25) is 5.91 Å². The molecular weight excluding hydrogens is 182 g/mol. The molecule has 0 heterocycles. The Balaban J connectivity index is 2.79. The number of anilines is 1. The van der Waals surface area contributed by atoms with Crippen molar-refractivity contribution >= 4 is 18.1 Å². The largest absolute Gasteiger partial charge is 0.463 e. The van der Waals surface area contributed by atoms with E-state index in [4.69, 9.17) is 0 Å². The van der Waals surface area contributed by atoms with E-state index >= 15 is 0 Å². The normalized spacial score (nSPS) is 9.21. The zero-order valence-corrected chi connectivity index (χ0v) is 7.82. The van der Waals surface area contributed by atoms with Gasteiger partial charge >= 0.3 is 0 Å². The Bertz CT molecular complexity index is 336. The lowest BCUT2D eigenvalue weighted by atomic mass is 10.2. The third-order valence-electron chi connectivity index (χ3n) is 1.63. The summed E-state index contributed by atoms with van der Waals surface area (Å²) in [6.07, 6.45) is 0. The van der Waals surface area contributed by atoms with Crippen LogP contribution >= 0.6 is 0 Å². The van der Waals surface area contributed by atoms with Crippen LogP contribution in [0.4, 0.5) is 5.69 Å². The first-order valence-electron chi connectivity index (χ1n) is 4.15. The highest BCUT2D eigenvalue weighted by molar-refractivity contribution is 5.89. The van der Waals surface area contributed by atoms with Crippen molar-refractivity contribution in [2.45, 2.75) is 13.5 Å². The summed E-state index contributed by atoms with van der Waals surface area (Å²) in [5.41, 5.74) is 1.44. The fraction of sp³-hybridized carbons (Fsp3) is 0.200. The third kappa shape index (κ3) is 2.90. The summed E-state index contributed by atoms with van der Waals surface area (Å²) < 4.78 is 4.61. The second-order valence-corrected chi connectivity index (χ2v) is 2.75. The number of carbonyl (C=O) groups excluding carboxylic acids is 2. The number of carbonyl (C=O) groups is 2. The molecule has 0 saturated carbocycles. The van der Waals surface area contributed by atoms with Gasteiger partial charge in [-0.05, 0) is 6.07 Å². The minimum Gasteiger partial charge on any atom is -0.463 e. The maximum atomic E-state index is 10.8. The van der Waals surface area contributed by atoms with E-state index in [1.54, 1.807) is 18.2 Å². The van der Waals surface area contributed by atoms with E-state index in [0.717, 1.165) is 5.56 Å². The van der Waals surface area contributed by atoms with Crippen LogP contribution in [-0.4, -0.2) is 12.4 Å². The average Bonchev–Trinajstić information content (AvgIpc) is 2.16. The SMILES string of the molecule is CC(=O)Nc1ccccc1COC=O. The monoisotopic (exact) mass is 193 g/mol. The molecule has 4 heteroatoms. The van der Waals surface area contributed by atoms with Crippen molar-refractivity contribution in [2.24, 2.45) is 0 Å². The van der Waals surface area contributed by atoms with Gasteiger partial charge in [0.25, 0.3) is 6.47 Å². The van der Waals surface area contributed by atoms with E-state index in [2.05, 4.69) is 10.1 Å². The molecule has 74 valence electrons. The summed E-state index contributed by atoms with van der Waals surface area (Å²) in [4.78, 5) is 20.8. The van der Waals surface area contributed by atoms with Gasteiger partial charge < -0.3 is 10.1 Å². The molecule has 0 saturated heterocycles. The van der Waals surface area contributed by atoms with Gasteiger partial charge in [-0.1, -0.05) is 18.2 Å². The third-order valence-corrected chi connectivity index (χ3v) is 1.63. The summed E-state index contributed by atoms with van der Waals surface area (Å²) in [5, 5.41) is 2.65. The highest BCUT2D eigenvalue weighted by Gasteiger charge is 2.02. The van der Waals surface area contributed by atoms with Crippen LogP contribution in [0, 0.1) is 0 Å². The molecule has 1 aromatic rings. The van der Waals surface area contributed by atoms with Gasteiger partial charge in [0.15, 0.2) is 0 Å². The number of hydrogen-bond acceptors (Lipinski definition) is 3. The molecule has 0 spiro atoms. The molecule has 0 aromatic heterocycles. The van der Waals surface area contributed by atoms with E-state index in [9.17, 15) is 9.59 Å². The molecule has 0 aliphatic carbocycles. The summed E-state index contributed by atoms with van der Waals surface area (Å²) in [7, 11) is 0. The van der Waals surface area contributed by atoms with E-state index in [1.165, 1.54) is 6.92 Å². The maximum absolute atomic E-state index is 10.8. The maximum Gasteiger partial charge on any atom is 0.293 e. The first-order chi connectivity index (χ1) is 6.74. The highest BCUT2D eigenvalue weighted by atomic mass is 16.5. The van der Waals surface area contributed by atoms with E-state index in [-0.39, 0.29) is 12.5 Å². The molecule has 4 nitrogen and oxygen atoms in total. The van der Waals surface area contributed by atoms with Gasteiger partial charge in [-0.3, -0.25) is 9.59 Å². The molecule has 1 N–H and O–H groups in total. The van der Waals surface area contributed by atoms with Gasteiger partial charge in [-0.2, -0.15) is 0 Å². The van der Waals surface area contributed by atoms with Crippen LogP contribution in [0.3, 0.4) is 0 Å². The molecule has 0 radical (unpaired) electrons. The Morgan fingerprint density at radius 2 is 2.21 bits per heavy atom. The Hall–Kier alpha value is -1.84. The van der Waals surface area contributed by atoms with Crippen molar-refractivity contribution in [1.29, 1.82) is 0 Å². The molecule has 0 fully saturated rings. The Kier molecular flexibility index (Phi) is 3.67. The molecule has 1 aromatic carbocycles. The van der Waals surface area contributed by atoms with Crippen molar-refractivity contribution in [1.82, 2.24) is 0 Å². The van der Waals surface area contributed by atoms with Crippen LogP contribution in [0.2, 0.25) is 0 Å². The second-order valence-electron chi connectivity index (χ2n) is 2.75. The standard InChI is InChI=1S/C10H11NO3/c1-8(13)11-10-5-3-2-4-9(10)6-14-7-12/h2-5,7H,6H2,1H3,(H,11,13). The fourth-order valence-electron chi connectivity index (χ4n) is 1.08. The van der Waals surface area contributed by atoms with Gasteiger partial charge in [0.05, 0.1) is 0 Å². The topological polar surface area (TPSA) is 55.4 Å². The second kappa shape index (κ2) is 5.01. The van der Waals surface area contributed by atoms with Crippen LogP contribution < -0.4 is 5.32 Å². The fourth-order valence-corrected chi connectivity index (χ4v) is 1.08. The zero-order chi connectivity index (χ0) is 10.4. The van der Waals surface area contributed by atoms with E-state index in [0.29, 0.717) is 12.2 Å². The Morgan fingerprint density at radius 3 is 2.86 bits per heavy atom. The molecule has 0 atom stereocenters. The molecule has 0 unspecified atom stereocenters. The van der Waals surface area contributed by atoms with Gasteiger partial charge in [-0.25, -0.2) is 0 Å². The number of rotatable bonds is 4. The lowest BCUT2D eigenvalue weighted by molar-refractivity contribution is -0.129. The van der Waals surface area contributed by atoms with Crippen molar-refractivity contribution < 1.29 is 14.3 Å². The molecule has 1 amide bonds. The van der Waals surface area contributed by atoms with E-state index in [1.807, 2.05) is 6.07 Å². The number of benzene rings is 1. The number of amides is 1. The molecule has 0 aliphatic rings. The van der Waals surface area contributed by atoms with Crippen LogP contribution in [0.5, 0.6) is 0 Å². The first-order valence-corrected chi connectivity index (χ1v) is 4.15. The predicted octanol–water partition coefficient (Wildman–Crippen LogP) is 1.32. The quantitative estimate of drug-likeness (QED) is 0.733. The Labute approximate surface area is 81.9 Å². The zero-order valence-electron chi connectivity index (χ0n) is 7.82. The van der Waals surface area contributed by atoms with Crippen LogP contribution in [0.1, 0.15) is 12.5 Å². The lowest BCUT2D eigenvalue weighted by Gasteiger charge is -2.07. The summed E-state index contributed by atoms with van der Waals surface area (Å²) in [6, 6.07) is 7.16. The average molecular weight is 193 g/mol. The lowest BCUT2D eigenvalue weighted by Crippen LogP contribution is -2.08. The van der Waals surface area contributed by atoms with Gasteiger partial charge in [0.1, 0.15) is 6.61 Å². The Morgan fingerprint density at radius 1 is 1.50 bits per heavy atom. The smallest absolute Gasteiger partial charge is 0.293 e. The van der Waals surface area contributed by atoms with E-state index < -0.39 is 0 Å². The summed E-state index contributed by atoms with van der Waals surface area (Å²) in [5.74, 6) is -0.149. The molecule has 1 rings (SSSR count). The van der Waals surface area contributed by atoms with Crippen molar-refractivity contribution in [3.05, 3.63) is 29.8 Å². The van der Waals surface area contributed by atoms with Crippen molar-refractivity contribution in [3.63, 3.8) is 0 Å². The molecule has 14 heavy (non-hydrogen) atoms.